The van der Waals surface area contributed by atoms with Crippen LogP contribution in [0.25, 0.3) is 0 Å². The van der Waals surface area contributed by atoms with E-state index < -0.39 is 5.25 Å². The van der Waals surface area contributed by atoms with E-state index in [0.717, 1.165) is 61.9 Å². The first-order valence-electron chi connectivity index (χ1n) is 12.3. The number of likely N-dealkylation sites (tertiary alicyclic amines) is 1. The number of carbonyl (C=O) groups is 3. The highest BCUT2D eigenvalue weighted by molar-refractivity contribution is 8.01. The average Bonchev–Trinajstić information content (AvgIpc) is 3.06. The summed E-state index contributed by atoms with van der Waals surface area (Å²) in [5, 5.41) is 2.36. The molecule has 1 saturated carbocycles. The summed E-state index contributed by atoms with van der Waals surface area (Å²) in [4.78, 5) is 44.0. The van der Waals surface area contributed by atoms with Crippen LogP contribution in [0.4, 0.5) is 5.69 Å². The number of hydrogen-bond donors (Lipinski definition) is 1. The van der Waals surface area contributed by atoms with Gasteiger partial charge in [0.15, 0.2) is 5.25 Å². The van der Waals surface area contributed by atoms with Crippen molar-refractivity contribution in [3.63, 3.8) is 0 Å². The summed E-state index contributed by atoms with van der Waals surface area (Å²) in [5.74, 6) is -0.510. The highest BCUT2D eigenvalue weighted by Crippen LogP contribution is 2.39. The Bertz CT molecular complexity index is 814. The van der Waals surface area contributed by atoms with Gasteiger partial charge in [0.25, 0.3) is 5.91 Å². The van der Waals surface area contributed by atoms with Crippen molar-refractivity contribution >= 4 is 35.2 Å². The van der Waals surface area contributed by atoms with Crippen molar-refractivity contribution in [2.24, 2.45) is 0 Å². The monoisotopic (exact) mass is 457 g/mol. The first-order valence-corrected chi connectivity index (χ1v) is 13.2. The Morgan fingerprint density at radius 1 is 0.906 bits per heavy atom. The molecule has 1 N–H and O–H groups in total. The Balaban J connectivity index is 1.47. The summed E-state index contributed by atoms with van der Waals surface area (Å²) in [6.07, 6.45) is 12.2. The normalized spacial score (nSPS) is 23.0. The van der Waals surface area contributed by atoms with Crippen LogP contribution in [0.5, 0.6) is 0 Å². The molecule has 32 heavy (non-hydrogen) atoms. The second-order valence-electron chi connectivity index (χ2n) is 9.24. The van der Waals surface area contributed by atoms with Gasteiger partial charge < -0.3 is 15.1 Å². The van der Waals surface area contributed by atoms with Crippen LogP contribution in [0, 0.1) is 0 Å². The molecular weight excluding hydrogens is 422 g/mol. The van der Waals surface area contributed by atoms with Crippen LogP contribution in [0.3, 0.4) is 0 Å². The van der Waals surface area contributed by atoms with Gasteiger partial charge in [-0.15, -0.1) is 11.8 Å². The topological polar surface area (TPSA) is 69.7 Å². The maximum Gasteiger partial charge on any atom is 0.250 e. The van der Waals surface area contributed by atoms with Gasteiger partial charge in [-0.2, -0.15) is 0 Å². The second-order valence-corrected chi connectivity index (χ2v) is 10.4. The molecule has 7 heteroatoms. The lowest BCUT2D eigenvalue weighted by atomic mass is 9.97. The van der Waals surface area contributed by atoms with E-state index >= 15 is 0 Å². The van der Waals surface area contributed by atoms with Gasteiger partial charge in [0.05, 0.1) is 5.69 Å². The van der Waals surface area contributed by atoms with Crippen molar-refractivity contribution in [3.8, 4) is 0 Å². The fourth-order valence-electron chi connectivity index (χ4n) is 5.01. The van der Waals surface area contributed by atoms with Crippen LogP contribution in [0.2, 0.25) is 0 Å². The molecule has 1 atom stereocenters. The Labute approximate surface area is 195 Å². The molecule has 174 valence electrons. The van der Waals surface area contributed by atoms with Crippen molar-refractivity contribution in [2.75, 3.05) is 24.5 Å². The number of rotatable bonds is 4. The molecule has 3 amide bonds. The zero-order chi connectivity index (χ0) is 22.3. The predicted molar refractivity (Wildman–Crippen MR) is 128 cm³/mol. The molecule has 0 radical (unpaired) electrons. The molecular formula is C25H35N3O3S. The van der Waals surface area contributed by atoms with Crippen LogP contribution in [0.1, 0.15) is 70.6 Å². The van der Waals surface area contributed by atoms with Gasteiger partial charge in [-0.1, -0.05) is 57.1 Å². The molecule has 1 saturated heterocycles. The number of nitrogens with one attached hydrogen (secondary N) is 1. The van der Waals surface area contributed by atoms with Crippen molar-refractivity contribution in [2.45, 2.75) is 86.8 Å². The Kier molecular flexibility index (Phi) is 8.11. The zero-order valence-electron chi connectivity index (χ0n) is 18.9. The molecule has 6 nitrogen and oxygen atoms in total. The maximum atomic E-state index is 13.5. The summed E-state index contributed by atoms with van der Waals surface area (Å²) >= 11 is 1.33. The number of fused-ring (bicyclic) bond motifs is 1. The van der Waals surface area contributed by atoms with Gasteiger partial charge in [-0.3, -0.25) is 14.4 Å². The molecule has 0 spiro atoms. The SMILES string of the molecule is O=C(CN1C(=O)[C@@H](C(=O)N2CCCCCC2)Sc2ccccc21)NC1CCCCCCC1. The molecule has 2 fully saturated rings. The van der Waals surface area contributed by atoms with Gasteiger partial charge in [0, 0.05) is 24.0 Å². The number of carbonyl (C=O) groups excluding carboxylic acids is 3. The summed E-state index contributed by atoms with van der Waals surface area (Å²) < 4.78 is 0. The zero-order valence-corrected chi connectivity index (χ0v) is 19.7. The third kappa shape index (κ3) is 5.66. The van der Waals surface area contributed by atoms with E-state index in [-0.39, 0.29) is 30.3 Å². The standard InChI is InChI=1S/C25H35N3O3S/c29-22(26-19-12-6-2-1-3-7-13-19)18-28-20-14-8-9-15-21(20)32-23(25(28)31)24(30)27-16-10-4-5-11-17-27/h8-9,14-15,19,23H,1-7,10-13,16-18H2,(H,26,29)/t23-/m1/s1. The molecule has 2 heterocycles. The van der Waals surface area contributed by atoms with E-state index in [9.17, 15) is 14.4 Å². The van der Waals surface area contributed by atoms with Crippen LogP contribution in [0.15, 0.2) is 29.2 Å². The van der Waals surface area contributed by atoms with Gasteiger partial charge in [-0.25, -0.2) is 0 Å². The molecule has 3 aliphatic rings. The number of nitrogens with zero attached hydrogens (tertiary/aromatic N) is 2. The number of thioether (sulfide) groups is 1. The van der Waals surface area contributed by atoms with Crippen LogP contribution < -0.4 is 10.2 Å². The van der Waals surface area contributed by atoms with Crippen LogP contribution >= 0.6 is 11.8 Å². The fraction of sp³-hybridized carbons (Fsp3) is 0.640. The summed E-state index contributed by atoms with van der Waals surface area (Å²) in [6, 6.07) is 7.79. The maximum absolute atomic E-state index is 13.5. The number of hydrogen-bond acceptors (Lipinski definition) is 4. The van der Waals surface area contributed by atoms with E-state index in [2.05, 4.69) is 5.32 Å². The number of para-hydroxylation sites is 1. The third-order valence-electron chi connectivity index (χ3n) is 6.81. The Hall–Kier alpha value is -2.02. The molecule has 4 rings (SSSR count). The predicted octanol–water partition coefficient (Wildman–Crippen LogP) is 4.13. The molecule has 1 aliphatic carbocycles. The molecule has 2 aliphatic heterocycles. The average molecular weight is 458 g/mol. The minimum absolute atomic E-state index is 0.0311. The van der Waals surface area contributed by atoms with Crippen LogP contribution in [-0.4, -0.2) is 53.5 Å². The van der Waals surface area contributed by atoms with Crippen molar-refractivity contribution in [1.82, 2.24) is 10.2 Å². The Morgan fingerprint density at radius 3 is 2.25 bits per heavy atom. The smallest absolute Gasteiger partial charge is 0.250 e. The number of anilines is 1. The first-order chi connectivity index (χ1) is 15.6. The van der Waals surface area contributed by atoms with E-state index in [1.807, 2.05) is 29.2 Å². The minimum Gasteiger partial charge on any atom is -0.352 e. The van der Waals surface area contributed by atoms with Crippen molar-refractivity contribution in [1.29, 1.82) is 0 Å². The highest BCUT2D eigenvalue weighted by Gasteiger charge is 2.40. The second kappa shape index (κ2) is 11.2. The lowest BCUT2D eigenvalue weighted by molar-refractivity contribution is -0.135. The first kappa shape index (κ1) is 23.1. The number of benzene rings is 1. The molecule has 1 aromatic rings. The fourth-order valence-corrected chi connectivity index (χ4v) is 6.20. The lowest BCUT2D eigenvalue weighted by Gasteiger charge is -2.35. The summed E-state index contributed by atoms with van der Waals surface area (Å²) in [5.41, 5.74) is 0.732. The lowest BCUT2D eigenvalue weighted by Crippen LogP contribution is -2.53. The minimum atomic E-state index is -0.808. The van der Waals surface area contributed by atoms with Gasteiger partial charge in [0.2, 0.25) is 11.8 Å². The molecule has 0 aromatic heterocycles. The third-order valence-corrected chi connectivity index (χ3v) is 8.04. The molecule has 1 aromatic carbocycles. The Morgan fingerprint density at radius 2 is 1.53 bits per heavy atom. The van der Waals surface area contributed by atoms with E-state index in [1.54, 1.807) is 0 Å². The van der Waals surface area contributed by atoms with E-state index in [0.29, 0.717) is 13.1 Å². The van der Waals surface area contributed by atoms with Crippen molar-refractivity contribution in [3.05, 3.63) is 24.3 Å². The molecule has 0 bridgehead atoms. The summed E-state index contributed by atoms with van der Waals surface area (Å²) in [6.45, 7) is 1.40. The molecule has 0 unspecified atom stereocenters. The van der Waals surface area contributed by atoms with Crippen LogP contribution in [-0.2, 0) is 14.4 Å². The van der Waals surface area contributed by atoms with E-state index in [4.69, 9.17) is 0 Å². The van der Waals surface area contributed by atoms with Crippen molar-refractivity contribution < 1.29 is 14.4 Å². The van der Waals surface area contributed by atoms with Gasteiger partial charge >= 0.3 is 0 Å². The van der Waals surface area contributed by atoms with Gasteiger partial charge in [0.1, 0.15) is 6.54 Å². The highest BCUT2D eigenvalue weighted by atomic mass is 32.2. The van der Waals surface area contributed by atoms with E-state index in [1.165, 1.54) is 35.9 Å². The summed E-state index contributed by atoms with van der Waals surface area (Å²) in [7, 11) is 0. The largest absolute Gasteiger partial charge is 0.352 e. The number of amides is 3. The quantitative estimate of drug-likeness (QED) is 0.691. The van der Waals surface area contributed by atoms with Gasteiger partial charge in [-0.05, 0) is 37.8 Å².